The van der Waals surface area contributed by atoms with Crippen LogP contribution in [0.4, 0.5) is 10.1 Å². The highest BCUT2D eigenvalue weighted by Crippen LogP contribution is 2.27. The molecule has 0 atom stereocenters. The van der Waals surface area contributed by atoms with Gasteiger partial charge < -0.3 is 10.2 Å². The number of carbonyl (C=O) groups is 2. The first-order chi connectivity index (χ1) is 11.6. The number of hydrogen-bond donors (Lipinski definition) is 1. The predicted molar refractivity (Wildman–Crippen MR) is 90.2 cm³/mol. The summed E-state index contributed by atoms with van der Waals surface area (Å²) in [5.41, 5.74) is 2.57. The van der Waals surface area contributed by atoms with E-state index in [-0.39, 0.29) is 24.1 Å². The summed E-state index contributed by atoms with van der Waals surface area (Å²) < 4.78 is 13.5. The van der Waals surface area contributed by atoms with Crippen LogP contribution in [-0.2, 0) is 22.4 Å². The Morgan fingerprint density at radius 2 is 1.83 bits per heavy atom. The van der Waals surface area contributed by atoms with Crippen LogP contribution < -0.4 is 10.2 Å². The van der Waals surface area contributed by atoms with Crippen molar-refractivity contribution in [1.82, 2.24) is 5.32 Å². The van der Waals surface area contributed by atoms with E-state index in [9.17, 15) is 14.0 Å². The van der Waals surface area contributed by atoms with Gasteiger partial charge in [-0.1, -0.05) is 36.4 Å². The number of benzene rings is 2. The van der Waals surface area contributed by atoms with Gasteiger partial charge in [0.25, 0.3) is 0 Å². The second kappa shape index (κ2) is 7.25. The molecule has 0 aliphatic carbocycles. The summed E-state index contributed by atoms with van der Waals surface area (Å²) in [6, 6.07) is 14.2. The van der Waals surface area contributed by atoms with Crippen molar-refractivity contribution in [2.24, 2.45) is 0 Å². The number of fused-ring (bicyclic) bond motifs is 1. The Kier molecular flexibility index (Phi) is 4.89. The number of amides is 2. The van der Waals surface area contributed by atoms with E-state index in [0.29, 0.717) is 25.1 Å². The molecule has 4 nitrogen and oxygen atoms in total. The van der Waals surface area contributed by atoms with Gasteiger partial charge in [-0.2, -0.15) is 0 Å². The number of rotatable bonds is 5. The molecule has 5 heteroatoms. The molecule has 2 amide bonds. The molecule has 0 radical (unpaired) electrons. The molecule has 1 aliphatic heterocycles. The average Bonchev–Trinajstić information content (AvgIpc) is 3.01. The standard InChI is InChI=1S/C19H19FN2O2/c20-16-7-3-1-5-14(16)9-11-21-18(23)13-19(24)22-12-10-15-6-2-4-8-17(15)22/h1-8H,9-13H2,(H,21,23). The van der Waals surface area contributed by atoms with Gasteiger partial charge in [0.1, 0.15) is 12.2 Å². The Morgan fingerprint density at radius 3 is 2.67 bits per heavy atom. The van der Waals surface area contributed by atoms with Crippen LogP contribution in [-0.4, -0.2) is 24.9 Å². The summed E-state index contributed by atoms with van der Waals surface area (Å²) in [4.78, 5) is 25.9. The second-order valence-electron chi connectivity index (χ2n) is 5.79. The summed E-state index contributed by atoms with van der Waals surface area (Å²) in [5.74, 6) is -0.819. The van der Waals surface area contributed by atoms with Crippen molar-refractivity contribution in [2.45, 2.75) is 19.3 Å². The van der Waals surface area contributed by atoms with Gasteiger partial charge in [0.2, 0.25) is 11.8 Å². The third-order valence-electron chi connectivity index (χ3n) is 4.17. The van der Waals surface area contributed by atoms with Crippen LogP contribution in [0.5, 0.6) is 0 Å². The van der Waals surface area contributed by atoms with Crippen LogP contribution in [0.25, 0.3) is 0 Å². The molecule has 0 aromatic heterocycles. The summed E-state index contributed by atoms with van der Waals surface area (Å²) in [5, 5.41) is 2.68. The highest BCUT2D eigenvalue weighted by molar-refractivity contribution is 6.05. The number of hydrogen-bond acceptors (Lipinski definition) is 2. The third kappa shape index (κ3) is 3.62. The van der Waals surface area contributed by atoms with Gasteiger partial charge in [0.15, 0.2) is 0 Å². The van der Waals surface area contributed by atoms with Gasteiger partial charge in [-0.3, -0.25) is 9.59 Å². The lowest BCUT2D eigenvalue weighted by Crippen LogP contribution is -2.35. The van der Waals surface area contributed by atoms with Crippen molar-refractivity contribution >= 4 is 17.5 Å². The minimum atomic E-state index is -0.333. The lowest BCUT2D eigenvalue weighted by Gasteiger charge is -2.17. The Labute approximate surface area is 140 Å². The van der Waals surface area contributed by atoms with Gasteiger partial charge in [0.05, 0.1) is 0 Å². The molecule has 3 rings (SSSR count). The lowest BCUT2D eigenvalue weighted by atomic mass is 10.1. The van der Waals surface area contributed by atoms with Crippen molar-refractivity contribution in [1.29, 1.82) is 0 Å². The summed E-state index contributed by atoms with van der Waals surface area (Å²) in [6.07, 6.45) is 1.03. The maximum absolute atomic E-state index is 13.5. The largest absolute Gasteiger partial charge is 0.355 e. The van der Waals surface area contributed by atoms with E-state index in [0.717, 1.165) is 17.7 Å². The zero-order valence-corrected chi connectivity index (χ0v) is 13.3. The van der Waals surface area contributed by atoms with E-state index in [1.807, 2.05) is 24.3 Å². The molecular formula is C19H19FN2O2. The molecule has 1 aliphatic rings. The van der Waals surface area contributed by atoms with Gasteiger partial charge >= 0.3 is 0 Å². The normalized spacial score (nSPS) is 12.8. The molecular weight excluding hydrogens is 307 g/mol. The average molecular weight is 326 g/mol. The number of halogens is 1. The number of para-hydroxylation sites is 1. The fraction of sp³-hybridized carbons (Fsp3) is 0.263. The van der Waals surface area contributed by atoms with Gasteiger partial charge in [-0.05, 0) is 36.1 Å². The van der Waals surface area contributed by atoms with Crippen molar-refractivity contribution in [3.05, 3.63) is 65.5 Å². The molecule has 0 saturated carbocycles. The van der Waals surface area contributed by atoms with E-state index in [1.165, 1.54) is 6.07 Å². The molecule has 0 bridgehead atoms. The molecule has 24 heavy (non-hydrogen) atoms. The smallest absolute Gasteiger partial charge is 0.236 e. The zero-order valence-electron chi connectivity index (χ0n) is 13.3. The summed E-state index contributed by atoms with van der Waals surface area (Å²) in [7, 11) is 0. The van der Waals surface area contributed by atoms with Crippen molar-refractivity contribution < 1.29 is 14.0 Å². The maximum Gasteiger partial charge on any atom is 0.236 e. The van der Waals surface area contributed by atoms with Gasteiger partial charge in [-0.15, -0.1) is 0 Å². The first kappa shape index (κ1) is 16.2. The number of carbonyl (C=O) groups excluding carboxylic acids is 2. The molecule has 1 heterocycles. The molecule has 0 saturated heterocycles. The lowest BCUT2D eigenvalue weighted by molar-refractivity contribution is -0.127. The molecule has 0 fully saturated rings. The molecule has 2 aromatic carbocycles. The van der Waals surface area contributed by atoms with E-state index in [1.54, 1.807) is 23.1 Å². The maximum atomic E-state index is 13.5. The number of nitrogens with zero attached hydrogens (tertiary/aromatic N) is 1. The minimum absolute atomic E-state index is 0.189. The molecule has 1 N–H and O–H groups in total. The van der Waals surface area contributed by atoms with Crippen LogP contribution >= 0.6 is 0 Å². The molecule has 124 valence electrons. The van der Waals surface area contributed by atoms with E-state index >= 15 is 0 Å². The first-order valence-electron chi connectivity index (χ1n) is 8.03. The van der Waals surface area contributed by atoms with E-state index in [4.69, 9.17) is 0 Å². The first-order valence-corrected chi connectivity index (χ1v) is 8.03. The summed E-state index contributed by atoms with van der Waals surface area (Å²) in [6.45, 7) is 0.921. The van der Waals surface area contributed by atoms with Crippen LogP contribution in [0, 0.1) is 5.82 Å². The SMILES string of the molecule is O=C(CC(=O)N1CCc2ccccc21)NCCc1ccccc1F. The van der Waals surface area contributed by atoms with E-state index in [2.05, 4.69) is 5.32 Å². The second-order valence-corrected chi connectivity index (χ2v) is 5.79. The topological polar surface area (TPSA) is 49.4 Å². The quantitative estimate of drug-likeness (QED) is 0.858. The Bertz CT molecular complexity index is 761. The predicted octanol–water partition coefficient (Wildman–Crippen LogP) is 2.46. The zero-order chi connectivity index (χ0) is 16.9. The van der Waals surface area contributed by atoms with Crippen molar-refractivity contribution in [3.8, 4) is 0 Å². The minimum Gasteiger partial charge on any atom is -0.355 e. The van der Waals surface area contributed by atoms with E-state index < -0.39 is 0 Å². The number of anilines is 1. The fourth-order valence-electron chi connectivity index (χ4n) is 2.93. The monoisotopic (exact) mass is 326 g/mol. The van der Waals surface area contributed by atoms with Gasteiger partial charge in [-0.25, -0.2) is 4.39 Å². The van der Waals surface area contributed by atoms with Crippen LogP contribution in [0.15, 0.2) is 48.5 Å². The van der Waals surface area contributed by atoms with Crippen molar-refractivity contribution in [3.63, 3.8) is 0 Å². The summed E-state index contributed by atoms with van der Waals surface area (Å²) >= 11 is 0. The Morgan fingerprint density at radius 1 is 1.08 bits per heavy atom. The van der Waals surface area contributed by atoms with Crippen LogP contribution in [0.1, 0.15) is 17.5 Å². The molecule has 0 spiro atoms. The van der Waals surface area contributed by atoms with Crippen LogP contribution in [0.3, 0.4) is 0 Å². The van der Waals surface area contributed by atoms with Gasteiger partial charge in [0, 0.05) is 18.8 Å². The fourth-order valence-corrected chi connectivity index (χ4v) is 2.93. The highest BCUT2D eigenvalue weighted by atomic mass is 19.1. The molecule has 0 unspecified atom stereocenters. The third-order valence-corrected chi connectivity index (χ3v) is 4.17. The number of nitrogens with one attached hydrogen (secondary N) is 1. The van der Waals surface area contributed by atoms with Crippen LogP contribution in [0.2, 0.25) is 0 Å². The Balaban J connectivity index is 1.49. The van der Waals surface area contributed by atoms with Crippen molar-refractivity contribution in [2.75, 3.05) is 18.0 Å². The molecule has 2 aromatic rings. The highest BCUT2D eigenvalue weighted by Gasteiger charge is 2.25. The Hall–Kier alpha value is -2.69.